The van der Waals surface area contributed by atoms with Crippen molar-refractivity contribution in [3.63, 3.8) is 0 Å². The molecule has 0 spiro atoms. The lowest BCUT2D eigenvalue weighted by molar-refractivity contribution is 0.0479. The van der Waals surface area contributed by atoms with Crippen molar-refractivity contribution in [3.8, 4) is 5.75 Å². The van der Waals surface area contributed by atoms with Gasteiger partial charge in [0.15, 0.2) is 17.4 Å². The van der Waals surface area contributed by atoms with Crippen LogP contribution in [0.15, 0.2) is 24.3 Å². The minimum Gasteiger partial charge on any atom is -0.478 e. The van der Waals surface area contributed by atoms with Crippen molar-refractivity contribution in [1.29, 1.82) is 0 Å². The van der Waals surface area contributed by atoms with Gasteiger partial charge in [-0.3, -0.25) is 4.79 Å². The van der Waals surface area contributed by atoms with Crippen molar-refractivity contribution in [3.05, 3.63) is 51.8 Å². The van der Waals surface area contributed by atoms with E-state index in [4.69, 9.17) is 22.1 Å². The van der Waals surface area contributed by atoms with E-state index in [0.29, 0.717) is 11.4 Å². The number of fused-ring (bicyclic) bond motifs is 3. The molecule has 0 aromatic heterocycles. The predicted octanol–water partition coefficient (Wildman–Crippen LogP) is 2.41. The standard InChI is InChI=1S/C15H11ClFN3O3S/c16-8-2-1-6(17)3-7(8)15(22)12-9(18)4-10-13(23-5-24-20-10)11(12)14(21)19-15/h1-4,20,22H,5,18H2,(H,19,21). The summed E-state index contributed by atoms with van der Waals surface area (Å²) in [6, 6.07) is 5.08. The molecule has 1 atom stereocenters. The van der Waals surface area contributed by atoms with Gasteiger partial charge in [-0.1, -0.05) is 11.6 Å². The first-order valence-corrected chi connectivity index (χ1v) is 8.26. The Balaban J connectivity index is 2.01. The molecule has 1 unspecified atom stereocenters. The maximum absolute atomic E-state index is 13.7. The molecule has 0 saturated carbocycles. The molecule has 0 fully saturated rings. The van der Waals surface area contributed by atoms with Crippen molar-refractivity contribution in [2.45, 2.75) is 5.72 Å². The molecule has 2 heterocycles. The minimum atomic E-state index is -2.04. The molecule has 0 aliphatic carbocycles. The number of amides is 1. The Morgan fingerprint density at radius 2 is 2.21 bits per heavy atom. The maximum atomic E-state index is 13.7. The second kappa shape index (κ2) is 5.17. The van der Waals surface area contributed by atoms with E-state index in [1.165, 1.54) is 18.0 Å². The summed E-state index contributed by atoms with van der Waals surface area (Å²) >= 11 is 7.41. The van der Waals surface area contributed by atoms with Gasteiger partial charge in [-0.15, -0.1) is 0 Å². The average Bonchev–Trinajstić information content (AvgIpc) is 2.83. The summed E-state index contributed by atoms with van der Waals surface area (Å²) in [7, 11) is 0. The second-order valence-corrected chi connectivity index (χ2v) is 6.53. The highest BCUT2D eigenvalue weighted by Gasteiger charge is 2.48. The molecule has 1 amide bonds. The summed E-state index contributed by atoms with van der Waals surface area (Å²) in [5.74, 6) is -0.601. The van der Waals surface area contributed by atoms with E-state index >= 15 is 0 Å². The van der Waals surface area contributed by atoms with E-state index in [9.17, 15) is 14.3 Å². The lowest BCUT2D eigenvalue weighted by atomic mass is 9.92. The van der Waals surface area contributed by atoms with Gasteiger partial charge in [0.1, 0.15) is 5.82 Å². The van der Waals surface area contributed by atoms with Crippen molar-refractivity contribution in [2.24, 2.45) is 0 Å². The summed E-state index contributed by atoms with van der Waals surface area (Å²) in [5.41, 5.74) is 4.93. The number of rotatable bonds is 1. The number of carbonyl (C=O) groups is 1. The Morgan fingerprint density at radius 1 is 1.42 bits per heavy atom. The molecule has 2 aromatic rings. The molecule has 0 saturated heterocycles. The molecule has 0 radical (unpaired) electrons. The quantitative estimate of drug-likeness (QED) is 0.456. The number of nitrogens with one attached hydrogen (secondary N) is 2. The number of halogens is 2. The number of carbonyl (C=O) groups excluding carboxylic acids is 1. The fraction of sp³-hybridized carbons (Fsp3) is 0.133. The molecular weight excluding hydrogens is 357 g/mol. The number of nitrogens with two attached hydrogens (primary N) is 1. The van der Waals surface area contributed by atoms with E-state index in [2.05, 4.69) is 10.0 Å². The number of benzene rings is 2. The van der Waals surface area contributed by atoms with Crippen LogP contribution in [-0.2, 0) is 5.72 Å². The third kappa shape index (κ3) is 2.03. The average molecular weight is 368 g/mol. The normalized spacial score (nSPS) is 21.4. The van der Waals surface area contributed by atoms with Gasteiger partial charge in [0, 0.05) is 21.8 Å². The first kappa shape index (κ1) is 15.4. The molecule has 6 nitrogen and oxygen atoms in total. The lowest BCUT2D eigenvalue weighted by Crippen LogP contribution is -2.40. The van der Waals surface area contributed by atoms with Crippen LogP contribution in [0.3, 0.4) is 0 Å². The molecule has 9 heteroatoms. The molecule has 24 heavy (non-hydrogen) atoms. The summed E-state index contributed by atoms with van der Waals surface area (Å²) in [5, 5.41) is 13.7. The summed E-state index contributed by atoms with van der Waals surface area (Å²) in [6.07, 6.45) is 0. The van der Waals surface area contributed by atoms with E-state index in [1.807, 2.05) is 0 Å². The van der Waals surface area contributed by atoms with Crippen molar-refractivity contribution < 1.29 is 19.0 Å². The predicted molar refractivity (Wildman–Crippen MR) is 89.4 cm³/mol. The van der Waals surface area contributed by atoms with E-state index < -0.39 is 17.4 Å². The van der Waals surface area contributed by atoms with Gasteiger partial charge < -0.3 is 25.6 Å². The van der Waals surface area contributed by atoms with Gasteiger partial charge >= 0.3 is 0 Å². The Bertz CT molecular complexity index is 895. The number of anilines is 2. The fourth-order valence-electron chi connectivity index (χ4n) is 2.98. The first-order valence-electron chi connectivity index (χ1n) is 6.90. The Hall–Kier alpha value is -2.16. The Kier molecular flexibility index (Phi) is 3.31. The zero-order valence-electron chi connectivity index (χ0n) is 12.0. The van der Waals surface area contributed by atoms with Crippen LogP contribution in [0.4, 0.5) is 15.8 Å². The Morgan fingerprint density at radius 3 is 3.00 bits per heavy atom. The van der Waals surface area contributed by atoms with Gasteiger partial charge in [-0.2, -0.15) is 0 Å². The topological polar surface area (TPSA) is 96.6 Å². The molecule has 4 rings (SSSR count). The van der Waals surface area contributed by atoms with Crippen LogP contribution in [-0.4, -0.2) is 17.0 Å². The van der Waals surface area contributed by atoms with Crippen LogP contribution >= 0.6 is 23.5 Å². The fourth-order valence-corrected chi connectivity index (χ4v) is 3.78. The lowest BCUT2D eigenvalue weighted by Gasteiger charge is -2.27. The van der Waals surface area contributed by atoms with Crippen molar-refractivity contribution >= 4 is 40.8 Å². The van der Waals surface area contributed by atoms with Crippen LogP contribution in [0, 0.1) is 5.82 Å². The monoisotopic (exact) mass is 367 g/mol. The van der Waals surface area contributed by atoms with Crippen LogP contribution in [0.2, 0.25) is 5.02 Å². The molecule has 2 aliphatic rings. The molecule has 0 bridgehead atoms. The van der Waals surface area contributed by atoms with Crippen LogP contribution in [0.1, 0.15) is 21.5 Å². The summed E-state index contributed by atoms with van der Waals surface area (Å²) in [6.45, 7) is 0. The third-order valence-electron chi connectivity index (χ3n) is 3.96. The zero-order valence-corrected chi connectivity index (χ0v) is 13.6. The number of hydrogen-bond donors (Lipinski definition) is 4. The third-order valence-corrected chi connectivity index (χ3v) is 4.89. The molecule has 2 aliphatic heterocycles. The smallest absolute Gasteiger partial charge is 0.258 e. The van der Waals surface area contributed by atoms with Gasteiger partial charge in [-0.05, 0) is 36.2 Å². The van der Waals surface area contributed by atoms with Gasteiger partial charge in [0.25, 0.3) is 5.91 Å². The van der Waals surface area contributed by atoms with E-state index in [-0.39, 0.29) is 33.3 Å². The first-order chi connectivity index (χ1) is 11.4. The molecule has 5 N–H and O–H groups in total. The van der Waals surface area contributed by atoms with Crippen LogP contribution in [0.5, 0.6) is 5.75 Å². The number of nitrogen functional groups attached to an aromatic ring is 1. The summed E-state index contributed by atoms with van der Waals surface area (Å²) in [4.78, 5) is 12.5. The molecule has 2 aromatic carbocycles. The van der Waals surface area contributed by atoms with Crippen LogP contribution < -0.4 is 20.5 Å². The maximum Gasteiger partial charge on any atom is 0.258 e. The summed E-state index contributed by atoms with van der Waals surface area (Å²) < 4.78 is 22.2. The number of aliphatic hydroxyl groups is 1. The molecule has 124 valence electrons. The number of hydrogen-bond acceptors (Lipinski definition) is 6. The van der Waals surface area contributed by atoms with E-state index in [0.717, 1.165) is 12.1 Å². The minimum absolute atomic E-state index is 0.000982. The highest BCUT2D eigenvalue weighted by atomic mass is 35.5. The van der Waals surface area contributed by atoms with Crippen LogP contribution in [0.25, 0.3) is 0 Å². The highest BCUT2D eigenvalue weighted by Crippen LogP contribution is 2.48. The second-order valence-electron chi connectivity index (χ2n) is 5.39. The SMILES string of the molecule is Nc1cc2c(c3c1C(O)(c1cc(F)ccc1Cl)NC3=O)OCSN2. The van der Waals surface area contributed by atoms with Gasteiger partial charge in [-0.25, -0.2) is 4.39 Å². The zero-order chi connectivity index (χ0) is 17.1. The Labute approximate surface area is 145 Å². The highest BCUT2D eigenvalue weighted by molar-refractivity contribution is 8.00. The van der Waals surface area contributed by atoms with Gasteiger partial charge in [0.05, 0.1) is 11.3 Å². The van der Waals surface area contributed by atoms with Gasteiger partial charge in [0.2, 0.25) is 0 Å². The van der Waals surface area contributed by atoms with E-state index in [1.54, 1.807) is 6.07 Å². The van der Waals surface area contributed by atoms with Crippen molar-refractivity contribution in [1.82, 2.24) is 5.32 Å². The largest absolute Gasteiger partial charge is 0.478 e. The van der Waals surface area contributed by atoms with Crippen molar-refractivity contribution in [2.75, 3.05) is 16.4 Å². The number of ether oxygens (including phenoxy) is 1. The molecular formula is C15H11ClFN3O3S.